The maximum absolute atomic E-state index is 11.9. The molecule has 0 radical (unpaired) electrons. The van der Waals surface area contributed by atoms with Crippen LogP contribution < -0.4 is 5.43 Å². The summed E-state index contributed by atoms with van der Waals surface area (Å²) in [4.78, 5) is 22.0. The second-order valence-electron chi connectivity index (χ2n) is 4.14. The fourth-order valence-electron chi connectivity index (χ4n) is 1.60. The molecule has 0 bridgehead atoms. The highest BCUT2D eigenvalue weighted by atomic mass is 35.5. The van der Waals surface area contributed by atoms with Gasteiger partial charge in [0.05, 0.1) is 11.1 Å². The molecule has 1 N–H and O–H groups in total. The predicted octanol–water partition coefficient (Wildman–Crippen LogP) is 3.67. The zero-order valence-electron chi connectivity index (χ0n) is 11.0. The lowest BCUT2D eigenvalue weighted by atomic mass is 10.2. The van der Waals surface area contributed by atoms with Gasteiger partial charge in [0.1, 0.15) is 5.02 Å². The molecule has 0 unspecified atom stereocenters. The van der Waals surface area contributed by atoms with Crippen molar-refractivity contribution in [3.05, 3.63) is 73.8 Å². The summed E-state index contributed by atoms with van der Waals surface area (Å²) >= 11 is 11.6. The number of nitrogens with one attached hydrogen (secondary N) is 1. The Bertz CT molecular complexity index is 763. The van der Waals surface area contributed by atoms with Crippen LogP contribution in [0, 0.1) is 10.1 Å². The van der Waals surface area contributed by atoms with E-state index in [-0.39, 0.29) is 16.3 Å². The maximum atomic E-state index is 11.9. The number of rotatable bonds is 4. The molecule has 0 fully saturated rings. The molecule has 0 heterocycles. The quantitative estimate of drug-likeness (QED) is 0.524. The van der Waals surface area contributed by atoms with Gasteiger partial charge in [-0.05, 0) is 18.2 Å². The molecule has 0 atom stereocenters. The fourth-order valence-corrected chi connectivity index (χ4v) is 1.97. The molecule has 22 heavy (non-hydrogen) atoms. The van der Waals surface area contributed by atoms with E-state index < -0.39 is 10.8 Å². The third-order valence-electron chi connectivity index (χ3n) is 2.68. The molecular weight excluding hydrogens is 329 g/mol. The third-order valence-corrected chi connectivity index (χ3v) is 3.34. The van der Waals surface area contributed by atoms with Gasteiger partial charge in [-0.25, -0.2) is 5.43 Å². The highest BCUT2D eigenvalue weighted by Gasteiger charge is 2.15. The molecule has 0 aliphatic carbocycles. The lowest BCUT2D eigenvalue weighted by Gasteiger charge is -2.01. The Hall–Kier alpha value is -2.44. The van der Waals surface area contributed by atoms with Crippen molar-refractivity contribution in [2.45, 2.75) is 0 Å². The number of hydrogen-bond acceptors (Lipinski definition) is 4. The molecule has 0 aliphatic heterocycles. The number of amides is 1. The molecule has 0 aromatic heterocycles. The Labute approximate surface area is 135 Å². The molecule has 2 aromatic rings. The summed E-state index contributed by atoms with van der Waals surface area (Å²) in [5, 5.41) is 15.0. The summed E-state index contributed by atoms with van der Waals surface area (Å²) in [6, 6.07) is 10.7. The molecule has 0 saturated heterocycles. The van der Waals surface area contributed by atoms with E-state index >= 15 is 0 Å². The maximum Gasteiger partial charge on any atom is 0.288 e. The lowest BCUT2D eigenvalue weighted by Crippen LogP contribution is -2.17. The molecule has 112 valence electrons. The largest absolute Gasteiger partial charge is 0.288 e. The summed E-state index contributed by atoms with van der Waals surface area (Å²) in [5.74, 6) is -0.594. The van der Waals surface area contributed by atoms with Gasteiger partial charge in [0.25, 0.3) is 11.6 Å². The first kappa shape index (κ1) is 15.9. The van der Waals surface area contributed by atoms with Gasteiger partial charge in [-0.15, -0.1) is 0 Å². The molecule has 6 nitrogen and oxygen atoms in total. The summed E-state index contributed by atoms with van der Waals surface area (Å²) in [7, 11) is 0. The van der Waals surface area contributed by atoms with Crippen molar-refractivity contribution in [2.24, 2.45) is 5.10 Å². The normalized spacial score (nSPS) is 10.6. The van der Waals surface area contributed by atoms with Gasteiger partial charge >= 0.3 is 0 Å². The van der Waals surface area contributed by atoms with Crippen LogP contribution in [0.4, 0.5) is 5.69 Å². The van der Waals surface area contributed by atoms with Crippen LogP contribution in [0.15, 0.2) is 47.6 Å². The number of nitro benzene ring substituents is 1. The summed E-state index contributed by atoms with van der Waals surface area (Å²) < 4.78 is 0. The Morgan fingerprint density at radius 3 is 2.59 bits per heavy atom. The topological polar surface area (TPSA) is 84.6 Å². The zero-order valence-corrected chi connectivity index (χ0v) is 12.5. The van der Waals surface area contributed by atoms with E-state index in [4.69, 9.17) is 23.2 Å². The molecule has 2 rings (SSSR count). The van der Waals surface area contributed by atoms with Crippen LogP contribution >= 0.6 is 23.2 Å². The van der Waals surface area contributed by atoms with E-state index in [2.05, 4.69) is 10.5 Å². The van der Waals surface area contributed by atoms with Crippen molar-refractivity contribution < 1.29 is 9.72 Å². The molecule has 2 aromatic carbocycles. The number of hydrazone groups is 1. The molecule has 0 aliphatic rings. The smallest absolute Gasteiger partial charge is 0.267 e. The fraction of sp³-hybridized carbons (Fsp3) is 0. The van der Waals surface area contributed by atoms with Gasteiger partial charge in [0.2, 0.25) is 0 Å². The number of carbonyl (C=O) groups excluding carboxylic acids is 1. The Kier molecular flexibility index (Phi) is 5.08. The minimum atomic E-state index is -0.661. The van der Waals surface area contributed by atoms with Crippen LogP contribution in [-0.4, -0.2) is 17.0 Å². The monoisotopic (exact) mass is 337 g/mol. The van der Waals surface area contributed by atoms with E-state index in [1.165, 1.54) is 18.3 Å². The standard InChI is InChI=1S/C14H9Cl2N3O3/c15-11-4-2-1-3-10(11)8-17-18-14(20)9-5-6-12(16)13(7-9)19(21)22/h1-8H,(H,18,20). The zero-order chi connectivity index (χ0) is 16.1. The lowest BCUT2D eigenvalue weighted by molar-refractivity contribution is -0.384. The summed E-state index contributed by atoms with van der Waals surface area (Å²) in [5.41, 5.74) is 2.63. The highest BCUT2D eigenvalue weighted by molar-refractivity contribution is 6.33. The van der Waals surface area contributed by atoms with E-state index in [9.17, 15) is 14.9 Å². The highest BCUT2D eigenvalue weighted by Crippen LogP contribution is 2.24. The second-order valence-corrected chi connectivity index (χ2v) is 4.96. The third kappa shape index (κ3) is 3.81. The first-order chi connectivity index (χ1) is 10.5. The van der Waals surface area contributed by atoms with Crippen LogP contribution in [0.1, 0.15) is 15.9 Å². The number of hydrogen-bond donors (Lipinski definition) is 1. The Balaban J connectivity index is 2.12. The minimum absolute atomic E-state index is 0.0406. The minimum Gasteiger partial charge on any atom is -0.267 e. The van der Waals surface area contributed by atoms with Crippen LogP contribution in [0.5, 0.6) is 0 Å². The van der Waals surface area contributed by atoms with Crippen molar-refractivity contribution in [1.29, 1.82) is 0 Å². The number of nitrogens with zero attached hydrogens (tertiary/aromatic N) is 2. The van der Waals surface area contributed by atoms with Gasteiger partial charge in [-0.2, -0.15) is 5.10 Å². The van der Waals surface area contributed by atoms with E-state index in [1.807, 2.05) is 0 Å². The Morgan fingerprint density at radius 1 is 1.18 bits per heavy atom. The summed E-state index contributed by atoms with van der Waals surface area (Å²) in [6.45, 7) is 0. The van der Waals surface area contributed by atoms with Gasteiger partial charge in [-0.1, -0.05) is 41.4 Å². The van der Waals surface area contributed by atoms with Crippen LogP contribution in [-0.2, 0) is 0 Å². The molecule has 0 spiro atoms. The van der Waals surface area contributed by atoms with Crippen molar-refractivity contribution in [3.8, 4) is 0 Å². The predicted molar refractivity (Wildman–Crippen MR) is 84.6 cm³/mol. The molecule has 8 heteroatoms. The second kappa shape index (κ2) is 7.02. The van der Waals surface area contributed by atoms with E-state index in [1.54, 1.807) is 24.3 Å². The van der Waals surface area contributed by atoms with Gasteiger partial charge in [-0.3, -0.25) is 14.9 Å². The van der Waals surface area contributed by atoms with Crippen molar-refractivity contribution >= 4 is 41.0 Å². The average molecular weight is 338 g/mol. The number of nitro groups is 1. The van der Waals surface area contributed by atoms with Gasteiger partial charge in [0.15, 0.2) is 0 Å². The molecular formula is C14H9Cl2N3O3. The number of carbonyl (C=O) groups is 1. The molecule has 0 saturated carbocycles. The SMILES string of the molecule is O=C(NN=Cc1ccccc1Cl)c1ccc(Cl)c([N+](=O)[O-])c1. The average Bonchev–Trinajstić information content (AvgIpc) is 2.49. The van der Waals surface area contributed by atoms with Gasteiger partial charge in [0, 0.05) is 22.2 Å². The first-order valence-corrected chi connectivity index (χ1v) is 6.76. The summed E-state index contributed by atoms with van der Waals surface area (Å²) in [6.07, 6.45) is 1.38. The molecule has 1 amide bonds. The van der Waals surface area contributed by atoms with E-state index in [0.717, 1.165) is 6.07 Å². The van der Waals surface area contributed by atoms with E-state index in [0.29, 0.717) is 10.6 Å². The van der Waals surface area contributed by atoms with Crippen LogP contribution in [0.2, 0.25) is 10.0 Å². The van der Waals surface area contributed by atoms with Crippen molar-refractivity contribution in [1.82, 2.24) is 5.43 Å². The number of halogens is 2. The van der Waals surface area contributed by atoms with Crippen LogP contribution in [0.3, 0.4) is 0 Å². The van der Waals surface area contributed by atoms with Crippen molar-refractivity contribution in [3.63, 3.8) is 0 Å². The van der Waals surface area contributed by atoms with Crippen LogP contribution in [0.25, 0.3) is 0 Å². The first-order valence-electron chi connectivity index (χ1n) is 6.01. The van der Waals surface area contributed by atoms with Gasteiger partial charge < -0.3 is 0 Å². The van der Waals surface area contributed by atoms with Crippen molar-refractivity contribution in [2.75, 3.05) is 0 Å². The Morgan fingerprint density at radius 2 is 1.91 bits per heavy atom. The number of benzene rings is 2.